The number of aliphatic carboxylic acids is 1. The van der Waals surface area contributed by atoms with Gasteiger partial charge in [0.25, 0.3) is 0 Å². The molecule has 27 heavy (non-hydrogen) atoms. The molecule has 0 spiro atoms. The molecule has 140 valence electrons. The van der Waals surface area contributed by atoms with Gasteiger partial charge in [-0.3, -0.25) is 5.32 Å². The molecule has 1 aromatic carbocycles. The van der Waals surface area contributed by atoms with E-state index in [9.17, 15) is 9.59 Å². The molecule has 0 aliphatic heterocycles. The fourth-order valence-corrected chi connectivity index (χ4v) is 3.52. The van der Waals surface area contributed by atoms with Gasteiger partial charge in [0.2, 0.25) is 0 Å². The van der Waals surface area contributed by atoms with Crippen molar-refractivity contribution in [1.82, 2.24) is 9.97 Å². The van der Waals surface area contributed by atoms with E-state index in [2.05, 4.69) is 20.6 Å². The lowest BCUT2D eigenvalue weighted by molar-refractivity contribution is -0.131. The quantitative estimate of drug-likeness (QED) is 0.481. The summed E-state index contributed by atoms with van der Waals surface area (Å²) in [5, 5.41) is 14.5. The van der Waals surface area contributed by atoms with Gasteiger partial charge in [0.1, 0.15) is 6.33 Å². The summed E-state index contributed by atoms with van der Waals surface area (Å²) in [5.41, 5.74) is 0.871. The highest BCUT2D eigenvalue weighted by molar-refractivity contribution is 7.20. The van der Waals surface area contributed by atoms with Crippen molar-refractivity contribution in [1.29, 1.82) is 0 Å². The van der Waals surface area contributed by atoms with E-state index in [-0.39, 0.29) is 23.9 Å². The molecular formula is C16H11Cl3N4O3S. The Morgan fingerprint density at radius 1 is 1.15 bits per heavy atom. The molecule has 2 aromatic heterocycles. The topological polar surface area (TPSA) is 104 Å². The van der Waals surface area contributed by atoms with Crippen LogP contribution < -0.4 is 10.6 Å². The molecule has 0 aliphatic rings. The van der Waals surface area contributed by atoms with Gasteiger partial charge in [-0.15, -0.1) is 23.7 Å². The van der Waals surface area contributed by atoms with E-state index in [0.29, 0.717) is 25.1 Å². The van der Waals surface area contributed by atoms with Crippen LogP contribution in [-0.4, -0.2) is 27.1 Å². The highest BCUT2D eigenvalue weighted by atomic mass is 35.5. The summed E-state index contributed by atoms with van der Waals surface area (Å²) in [6.45, 7) is 0. The lowest BCUT2D eigenvalue weighted by Crippen LogP contribution is -2.20. The predicted octanol–water partition coefficient (Wildman–Crippen LogP) is 5.16. The number of fused-ring (bicyclic) bond motifs is 1. The maximum Gasteiger partial charge on any atom is 0.328 e. The molecule has 0 atom stereocenters. The van der Waals surface area contributed by atoms with Crippen LogP contribution in [0.4, 0.5) is 16.3 Å². The molecule has 7 nitrogen and oxygen atoms in total. The zero-order valence-electron chi connectivity index (χ0n) is 13.3. The number of hydrogen-bond donors (Lipinski definition) is 3. The Hall–Kier alpha value is -2.39. The van der Waals surface area contributed by atoms with Gasteiger partial charge in [-0.1, -0.05) is 29.3 Å². The number of carboxylic acid groups (broad SMARTS) is 1. The van der Waals surface area contributed by atoms with Gasteiger partial charge in [0, 0.05) is 11.0 Å². The van der Waals surface area contributed by atoms with Crippen molar-refractivity contribution in [3.05, 3.63) is 51.6 Å². The Morgan fingerprint density at radius 3 is 2.52 bits per heavy atom. The third kappa shape index (κ3) is 5.08. The highest BCUT2D eigenvalue weighted by Crippen LogP contribution is 2.32. The zero-order valence-corrected chi connectivity index (χ0v) is 16.4. The van der Waals surface area contributed by atoms with E-state index in [1.165, 1.54) is 23.7 Å². The van der Waals surface area contributed by atoms with E-state index in [0.717, 1.165) is 6.08 Å². The first kappa shape index (κ1) is 20.9. The number of aromatic nitrogens is 2. The van der Waals surface area contributed by atoms with Crippen molar-refractivity contribution in [2.75, 3.05) is 10.6 Å². The zero-order chi connectivity index (χ0) is 18.7. The molecular weight excluding hydrogens is 435 g/mol. The van der Waals surface area contributed by atoms with Crippen molar-refractivity contribution < 1.29 is 14.7 Å². The van der Waals surface area contributed by atoms with Crippen molar-refractivity contribution in [3.8, 4) is 0 Å². The molecule has 0 aliphatic carbocycles. The molecule has 0 radical (unpaired) electrons. The minimum Gasteiger partial charge on any atom is -0.478 e. The molecule has 2 amide bonds. The number of nitrogens with one attached hydrogen (secondary N) is 2. The summed E-state index contributed by atoms with van der Waals surface area (Å²) in [4.78, 5) is 31.7. The van der Waals surface area contributed by atoms with Crippen LogP contribution >= 0.6 is 46.9 Å². The van der Waals surface area contributed by atoms with Crippen LogP contribution in [0.3, 0.4) is 0 Å². The number of thiophene rings is 1. The van der Waals surface area contributed by atoms with Gasteiger partial charge in [-0.2, -0.15) is 0 Å². The number of benzene rings is 1. The van der Waals surface area contributed by atoms with Crippen LogP contribution in [0.15, 0.2) is 36.7 Å². The fourth-order valence-electron chi connectivity index (χ4n) is 2.07. The summed E-state index contributed by atoms with van der Waals surface area (Å²) in [5.74, 6) is -0.765. The molecule has 0 saturated carbocycles. The minimum absolute atomic E-state index is 0. The van der Waals surface area contributed by atoms with Crippen LogP contribution in [0.25, 0.3) is 16.3 Å². The SMILES string of the molecule is Cl.O=C(O)C=Cc1cc2ncnc(NC(=O)Nc3c(Cl)cccc3Cl)c2s1. The lowest BCUT2D eigenvalue weighted by Gasteiger charge is -2.10. The number of amides is 2. The second kappa shape index (κ2) is 9.01. The number of carbonyl (C=O) groups excluding carboxylic acids is 1. The monoisotopic (exact) mass is 444 g/mol. The second-order valence-electron chi connectivity index (χ2n) is 4.93. The smallest absolute Gasteiger partial charge is 0.328 e. The van der Waals surface area contributed by atoms with Crippen molar-refractivity contribution in [3.63, 3.8) is 0 Å². The number of rotatable bonds is 4. The molecule has 0 unspecified atom stereocenters. The largest absolute Gasteiger partial charge is 0.478 e. The summed E-state index contributed by atoms with van der Waals surface area (Å²) >= 11 is 13.3. The van der Waals surface area contributed by atoms with Crippen LogP contribution in [0.1, 0.15) is 4.88 Å². The van der Waals surface area contributed by atoms with Crippen molar-refractivity contribution in [2.24, 2.45) is 0 Å². The van der Waals surface area contributed by atoms with Crippen molar-refractivity contribution in [2.45, 2.75) is 0 Å². The predicted molar refractivity (Wildman–Crippen MR) is 110 cm³/mol. The van der Waals surface area contributed by atoms with Crippen molar-refractivity contribution >= 4 is 86.7 Å². The van der Waals surface area contributed by atoms with E-state index in [4.69, 9.17) is 28.3 Å². The molecule has 3 N–H and O–H groups in total. The molecule has 0 bridgehead atoms. The fraction of sp³-hybridized carbons (Fsp3) is 0. The lowest BCUT2D eigenvalue weighted by atomic mass is 10.3. The highest BCUT2D eigenvalue weighted by Gasteiger charge is 2.13. The summed E-state index contributed by atoms with van der Waals surface area (Å²) in [7, 11) is 0. The van der Waals surface area contributed by atoms with E-state index >= 15 is 0 Å². The van der Waals surface area contributed by atoms with E-state index in [1.807, 2.05) is 0 Å². The van der Waals surface area contributed by atoms with Crippen LogP contribution in [0, 0.1) is 0 Å². The van der Waals surface area contributed by atoms with Gasteiger partial charge in [-0.25, -0.2) is 19.6 Å². The van der Waals surface area contributed by atoms with E-state index < -0.39 is 12.0 Å². The van der Waals surface area contributed by atoms with Crippen LogP contribution in [0.2, 0.25) is 10.0 Å². The number of nitrogens with zero attached hydrogens (tertiary/aromatic N) is 2. The number of hydrogen-bond acceptors (Lipinski definition) is 5. The Bertz CT molecular complexity index is 1020. The Balaban J connectivity index is 0.00000261. The number of carboxylic acids is 1. The molecule has 3 aromatic rings. The molecule has 2 heterocycles. The second-order valence-corrected chi connectivity index (χ2v) is 6.83. The number of para-hydroxylation sites is 1. The average molecular weight is 446 g/mol. The number of carbonyl (C=O) groups is 2. The minimum atomic E-state index is -1.05. The Labute approximate surface area is 173 Å². The molecule has 11 heteroatoms. The van der Waals surface area contributed by atoms with Gasteiger partial charge in [0.05, 0.1) is 25.9 Å². The standard InChI is InChI=1S/C16H10Cl2N4O3S.ClH/c17-9-2-1-3-10(18)13(9)21-16(25)22-15-14-11(19-7-20-15)6-8(26-14)4-5-12(23)24;/h1-7H,(H,23,24)(H2,19,20,21,22,25);1H. The van der Waals surface area contributed by atoms with Gasteiger partial charge < -0.3 is 10.4 Å². The maximum absolute atomic E-state index is 12.3. The van der Waals surface area contributed by atoms with Gasteiger partial charge in [-0.05, 0) is 24.3 Å². The first-order valence-electron chi connectivity index (χ1n) is 7.11. The average Bonchev–Trinajstić information content (AvgIpc) is 3.01. The number of anilines is 2. The third-order valence-corrected chi connectivity index (χ3v) is 4.88. The molecule has 0 saturated heterocycles. The normalized spacial score (nSPS) is 10.6. The summed E-state index contributed by atoms with van der Waals surface area (Å²) in [6, 6.07) is 6.00. The molecule has 0 fully saturated rings. The first-order valence-corrected chi connectivity index (χ1v) is 8.69. The Morgan fingerprint density at radius 2 is 1.85 bits per heavy atom. The van der Waals surface area contributed by atoms with Gasteiger partial charge in [0.15, 0.2) is 5.82 Å². The summed E-state index contributed by atoms with van der Waals surface area (Å²) in [6.07, 6.45) is 3.78. The summed E-state index contributed by atoms with van der Waals surface area (Å²) < 4.78 is 0.609. The van der Waals surface area contributed by atoms with E-state index in [1.54, 1.807) is 24.3 Å². The van der Waals surface area contributed by atoms with Crippen LogP contribution in [-0.2, 0) is 4.79 Å². The molecule has 3 rings (SSSR count). The third-order valence-electron chi connectivity index (χ3n) is 3.15. The number of halogens is 3. The maximum atomic E-state index is 12.3. The Kier molecular flexibility index (Phi) is 6.98. The van der Waals surface area contributed by atoms with Gasteiger partial charge >= 0.3 is 12.0 Å². The first-order chi connectivity index (χ1) is 12.4. The van der Waals surface area contributed by atoms with Crippen LogP contribution in [0.5, 0.6) is 0 Å². The number of urea groups is 1.